The van der Waals surface area contributed by atoms with Crippen LogP contribution in [-0.2, 0) is 17.8 Å². The minimum Gasteiger partial charge on any atom is -0.355 e. The molecule has 210 valence electrons. The lowest BCUT2D eigenvalue weighted by atomic mass is 9.78. The molecule has 2 N–H and O–H groups in total. The van der Waals surface area contributed by atoms with Gasteiger partial charge in [-0.2, -0.15) is 23.4 Å². The number of aromatic nitrogens is 6. The zero-order valence-corrected chi connectivity index (χ0v) is 22.0. The van der Waals surface area contributed by atoms with Crippen LogP contribution in [0.15, 0.2) is 24.7 Å². The molecule has 0 aromatic carbocycles. The summed E-state index contributed by atoms with van der Waals surface area (Å²) in [5, 5.41) is 14.3. The number of nitrogens with zero attached hydrogens (tertiary/aromatic N) is 6. The predicted molar refractivity (Wildman–Crippen MR) is 134 cm³/mol. The minimum atomic E-state index is -4.37. The van der Waals surface area contributed by atoms with Crippen molar-refractivity contribution in [3.05, 3.63) is 41.7 Å². The van der Waals surface area contributed by atoms with E-state index in [2.05, 4.69) is 37.7 Å². The quantitative estimate of drug-likeness (QED) is 0.468. The molecule has 10 nitrogen and oxygen atoms in total. The number of carbonyl (C=O) groups excluding carboxylic acids is 2. The number of hydrogen-bond donors (Lipinski definition) is 2. The zero-order chi connectivity index (χ0) is 27.7. The maximum atomic E-state index is 13.2. The molecule has 2 amide bonds. The highest BCUT2D eigenvalue weighted by Gasteiger charge is 2.44. The summed E-state index contributed by atoms with van der Waals surface area (Å²) in [7, 11) is 0. The summed E-state index contributed by atoms with van der Waals surface area (Å²) in [5.41, 5.74) is 1.49. The van der Waals surface area contributed by atoms with Crippen LogP contribution >= 0.6 is 0 Å². The van der Waals surface area contributed by atoms with Crippen LogP contribution in [0.4, 0.5) is 13.2 Å². The molecule has 2 fully saturated rings. The average molecular weight is 547 g/mol. The summed E-state index contributed by atoms with van der Waals surface area (Å²) < 4.78 is 42.8. The molecule has 1 saturated carbocycles. The van der Waals surface area contributed by atoms with E-state index in [-0.39, 0.29) is 30.7 Å². The monoisotopic (exact) mass is 546 g/mol. The first kappa shape index (κ1) is 27.1. The van der Waals surface area contributed by atoms with Gasteiger partial charge in [-0.05, 0) is 44.1 Å². The van der Waals surface area contributed by atoms with Gasteiger partial charge in [-0.3, -0.25) is 14.3 Å². The number of imidazole rings is 1. The number of hydrogen-bond acceptors (Lipinski definition) is 6. The Kier molecular flexibility index (Phi) is 7.59. The van der Waals surface area contributed by atoms with E-state index in [9.17, 15) is 22.8 Å². The summed E-state index contributed by atoms with van der Waals surface area (Å²) in [6.07, 6.45) is 4.14. The number of halogens is 3. The molecular weight excluding hydrogens is 513 g/mol. The number of amides is 2. The van der Waals surface area contributed by atoms with Crippen LogP contribution < -0.4 is 10.6 Å². The average Bonchev–Trinajstić information content (AvgIpc) is 3.55. The summed E-state index contributed by atoms with van der Waals surface area (Å²) in [4.78, 5) is 34.5. The van der Waals surface area contributed by atoms with Gasteiger partial charge in [0.15, 0.2) is 0 Å². The van der Waals surface area contributed by atoms with E-state index in [1.807, 2.05) is 6.92 Å². The van der Waals surface area contributed by atoms with Gasteiger partial charge in [0.25, 0.3) is 11.7 Å². The van der Waals surface area contributed by atoms with Crippen molar-refractivity contribution in [2.24, 2.45) is 23.7 Å². The van der Waals surface area contributed by atoms with E-state index >= 15 is 0 Å². The number of fused-ring (bicyclic) bond motifs is 1. The molecule has 0 spiro atoms. The van der Waals surface area contributed by atoms with Gasteiger partial charge in [0.2, 0.25) is 5.91 Å². The van der Waals surface area contributed by atoms with Gasteiger partial charge in [0, 0.05) is 31.6 Å². The standard InChI is InChI=1S/C26H33F3N8O2/c1-3-36-21(8-9-32-36)24(39)34-22(16-6-4-15(2)5-7-16)20-14-37-25(33-20)31-13-19(35-37)11-17-10-18(26(27,28)29)12-30-23(17)38/h8-9,13-18,22H,3-7,10-12H2,1-2H3,(H,30,38)(H,34,39)/t15?,16?,17?,18-,22+/m1/s1. The lowest BCUT2D eigenvalue weighted by Gasteiger charge is -2.32. The molecule has 1 unspecified atom stereocenters. The van der Waals surface area contributed by atoms with Crippen molar-refractivity contribution in [3.63, 3.8) is 0 Å². The van der Waals surface area contributed by atoms with E-state index in [1.165, 1.54) is 10.7 Å². The van der Waals surface area contributed by atoms with Crippen LogP contribution in [0.3, 0.4) is 0 Å². The Bertz CT molecular complexity index is 1330. The van der Waals surface area contributed by atoms with Crippen LogP contribution in [0.1, 0.15) is 73.9 Å². The molecule has 13 heteroatoms. The summed E-state index contributed by atoms with van der Waals surface area (Å²) in [5.74, 6) is -1.96. The van der Waals surface area contributed by atoms with Crippen LogP contribution in [0, 0.1) is 23.7 Å². The Labute approximate surface area is 223 Å². The van der Waals surface area contributed by atoms with Crippen LogP contribution in [0.5, 0.6) is 0 Å². The second-order valence-electron chi connectivity index (χ2n) is 10.8. The largest absolute Gasteiger partial charge is 0.393 e. The molecule has 2 aliphatic rings. The van der Waals surface area contributed by atoms with E-state index in [0.29, 0.717) is 35.3 Å². The molecular formula is C26H33F3N8O2. The van der Waals surface area contributed by atoms with Gasteiger partial charge >= 0.3 is 6.18 Å². The number of aryl methyl sites for hydroxylation is 1. The third-order valence-corrected chi connectivity index (χ3v) is 8.02. The Morgan fingerprint density at radius 3 is 2.74 bits per heavy atom. The Morgan fingerprint density at radius 2 is 2.03 bits per heavy atom. The third-order valence-electron chi connectivity index (χ3n) is 8.02. The number of carbonyl (C=O) groups is 2. The lowest BCUT2D eigenvalue weighted by molar-refractivity contribution is -0.183. The first-order chi connectivity index (χ1) is 18.6. The van der Waals surface area contributed by atoms with Gasteiger partial charge in [-0.25, -0.2) is 14.5 Å². The van der Waals surface area contributed by atoms with Crippen LogP contribution in [-0.4, -0.2) is 53.9 Å². The van der Waals surface area contributed by atoms with Gasteiger partial charge in [-0.1, -0.05) is 19.8 Å². The fourth-order valence-electron chi connectivity index (χ4n) is 5.71. The lowest BCUT2D eigenvalue weighted by Crippen LogP contribution is -2.47. The normalized spacial score (nSPS) is 24.9. The van der Waals surface area contributed by atoms with Crippen molar-refractivity contribution in [1.82, 2.24) is 40.0 Å². The van der Waals surface area contributed by atoms with Crippen molar-refractivity contribution < 1.29 is 22.8 Å². The van der Waals surface area contributed by atoms with Gasteiger partial charge in [0.1, 0.15) is 5.69 Å². The first-order valence-corrected chi connectivity index (χ1v) is 13.5. The van der Waals surface area contributed by atoms with Crippen molar-refractivity contribution in [3.8, 4) is 0 Å². The Balaban J connectivity index is 1.38. The molecule has 5 rings (SSSR count). The maximum absolute atomic E-state index is 13.2. The number of alkyl halides is 3. The second kappa shape index (κ2) is 10.9. The van der Waals surface area contributed by atoms with Crippen LogP contribution in [0.2, 0.25) is 0 Å². The molecule has 1 saturated heterocycles. The fraction of sp³-hybridized carbons (Fsp3) is 0.615. The van der Waals surface area contributed by atoms with Crippen LogP contribution in [0.25, 0.3) is 5.78 Å². The number of nitrogens with one attached hydrogen (secondary N) is 2. The maximum Gasteiger partial charge on any atom is 0.393 e. The molecule has 0 radical (unpaired) electrons. The molecule has 3 aromatic rings. The Morgan fingerprint density at radius 1 is 1.26 bits per heavy atom. The number of rotatable bonds is 7. The highest BCUT2D eigenvalue weighted by atomic mass is 19.4. The molecule has 1 aliphatic carbocycles. The van der Waals surface area contributed by atoms with Gasteiger partial charge < -0.3 is 10.6 Å². The first-order valence-electron chi connectivity index (χ1n) is 13.5. The molecule has 39 heavy (non-hydrogen) atoms. The highest BCUT2D eigenvalue weighted by Crippen LogP contribution is 2.37. The van der Waals surface area contributed by atoms with Crippen molar-refractivity contribution in [2.45, 2.75) is 71.1 Å². The summed E-state index contributed by atoms with van der Waals surface area (Å²) >= 11 is 0. The predicted octanol–water partition coefficient (Wildman–Crippen LogP) is 3.50. The van der Waals surface area contributed by atoms with Crippen molar-refractivity contribution in [2.75, 3.05) is 6.54 Å². The summed E-state index contributed by atoms with van der Waals surface area (Å²) in [6.45, 7) is 4.31. The molecule has 0 bridgehead atoms. The topological polar surface area (TPSA) is 119 Å². The van der Waals surface area contributed by atoms with Gasteiger partial charge in [0.05, 0.1) is 35.7 Å². The third kappa shape index (κ3) is 5.91. The molecule has 4 heterocycles. The van der Waals surface area contributed by atoms with Crippen molar-refractivity contribution >= 4 is 17.6 Å². The zero-order valence-electron chi connectivity index (χ0n) is 22.0. The smallest absolute Gasteiger partial charge is 0.355 e. The van der Waals surface area contributed by atoms with E-state index < -0.39 is 30.5 Å². The number of piperidine rings is 1. The van der Waals surface area contributed by atoms with Crippen molar-refractivity contribution in [1.29, 1.82) is 0 Å². The molecule has 1 aliphatic heterocycles. The Hall–Kier alpha value is -3.51. The fourth-order valence-corrected chi connectivity index (χ4v) is 5.71. The summed E-state index contributed by atoms with van der Waals surface area (Å²) in [6, 6.07) is 1.32. The van der Waals surface area contributed by atoms with E-state index in [1.54, 1.807) is 23.1 Å². The van der Waals surface area contributed by atoms with E-state index in [0.717, 1.165) is 25.7 Å². The minimum absolute atomic E-state index is 0.0382. The van der Waals surface area contributed by atoms with Gasteiger partial charge in [-0.15, -0.1) is 0 Å². The second-order valence-corrected chi connectivity index (χ2v) is 10.8. The van der Waals surface area contributed by atoms with E-state index in [4.69, 9.17) is 0 Å². The highest BCUT2D eigenvalue weighted by molar-refractivity contribution is 5.92. The SMILES string of the molecule is CCn1nccc1C(=O)N[C@H](c1cn2nc(CC3C[C@@H](C(F)(F)F)CNC3=O)cnc2n1)C1CCC(C)CC1. The molecule has 3 aromatic heterocycles. The molecule has 3 atom stereocenters.